The topological polar surface area (TPSA) is 32.6 Å². The third-order valence-corrected chi connectivity index (χ3v) is 4.79. The van der Waals surface area contributed by atoms with E-state index < -0.39 is 0 Å². The average Bonchev–Trinajstić information content (AvgIpc) is 3.21. The number of pyridine rings is 1. The molecule has 1 unspecified atom stereocenters. The molecule has 3 heterocycles. The van der Waals surface area contributed by atoms with Gasteiger partial charge in [-0.05, 0) is 37.8 Å². The van der Waals surface area contributed by atoms with Crippen molar-refractivity contribution in [1.82, 2.24) is 19.6 Å². The molecule has 2 aliphatic rings. The summed E-state index contributed by atoms with van der Waals surface area (Å²) in [5.74, 6) is 0.881. The molecule has 1 saturated carbocycles. The largest absolute Gasteiger partial charge is 0.309 e. The Morgan fingerprint density at radius 3 is 3.10 bits per heavy atom. The van der Waals surface area contributed by atoms with Gasteiger partial charge in [0.1, 0.15) is 5.65 Å². The molecule has 0 amide bonds. The third kappa shape index (κ3) is 2.23. The van der Waals surface area contributed by atoms with E-state index in [1.165, 1.54) is 18.5 Å². The van der Waals surface area contributed by atoms with Crippen LogP contribution in [-0.4, -0.2) is 39.5 Å². The Morgan fingerprint density at radius 1 is 1.40 bits per heavy atom. The standard InChI is InChI=1S/C16H22N4/c1-16(13-5-6-13)12-19(9-7-17-16)10-14-11-20-8-3-2-4-15(20)18-14/h2-4,8,11,13,17H,5-7,9-10,12H2,1H3. The molecule has 1 aliphatic carbocycles. The Bertz CT molecular complexity index is 583. The smallest absolute Gasteiger partial charge is 0.137 e. The van der Waals surface area contributed by atoms with E-state index in [0.29, 0.717) is 5.54 Å². The fourth-order valence-electron chi connectivity index (χ4n) is 3.52. The Hall–Kier alpha value is -1.39. The molecule has 2 aromatic heterocycles. The number of hydrogen-bond donors (Lipinski definition) is 1. The molecule has 1 atom stereocenters. The van der Waals surface area contributed by atoms with E-state index in [4.69, 9.17) is 4.98 Å². The van der Waals surface area contributed by atoms with E-state index in [0.717, 1.165) is 37.7 Å². The molecule has 2 fully saturated rings. The highest BCUT2D eigenvalue weighted by Gasteiger charge is 2.43. The van der Waals surface area contributed by atoms with Gasteiger partial charge in [0.2, 0.25) is 0 Å². The van der Waals surface area contributed by atoms with E-state index in [-0.39, 0.29) is 0 Å². The first-order valence-electron chi connectivity index (χ1n) is 7.63. The zero-order valence-electron chi connectivity index (χ0n) is 12.0. The summed E-state index contributed by atoms with van der Waals surface area (Å²) in [5.41, 5.74) is 2.54. The minimum absolute atomic E-state index is 0.317. The molecule has 2 aromatic rings. The van der Waals surface area contributed by atoms with Crippen LogP contribution in [0.3, 0.4) is 0 Å². The van der Waals surface area contributed by atoms with Crippen molar-refractivity contribution in [3.63, 3.8) is 0 Å². The molecule has 1 N–H and O–H groups in total. The molecule has 106 valence electrons. The summed E-state index contributed by atoms with van der Waals surface area (Å²) in [6.07, 6.45) is 7.02. The van der Waals surface area contributed by atoms with Gasteiger partial charge in [0, 0.05) is 44.1 Å². The monoisotopic (exact) mass is 270 g/mol. The molecule has 1 saturated heterocycles. The Morgan fingerprint density at radius 2 is 2.30 bits per heavy atom. The molecule has 1 aliphatic heterocycles. The molecule has 0 aromatic carbocycles. The molecule has 4 nitrogen and oxygen atoms in total. The summed E-state index contributed by atoms with van der Waals surface area (Å²) >= 11 is 0. The van der Waals surface area contributed by atoms with Crippen molar-refractivity contribution in [2.24, 2.45) is 5.92 Å². The van der Waals surface area contributed by atoms with Gasteiger partial charge in [0.25, 0.3) is 0 Å². The summed E-state index contributed by atoms with van der Waals surface area (Å²) in [7, 11) is 0. The lowest BCUT2D eigenvalue weighted by Gasteiger charge is -2.41. The Kier molecular flexibility index (Phi) is 2.82. The van der Waals surface area contributed by atoms with Crippen LogP contribution < -0.4 is 5.32 Å². The highest BCUT2D eigenvalue weighted by Crippen LogP contribution is 2.40. The van der Waals surface area contributed by atoms with Crippen molar-refractivity contribution in [2.75, 3.05) is 19.6 Å². The van der Waals surface area contributed by atoms with Crippen molar-refractivity contribution in [3.05, 3.63) is 36.3 Å². The quantitative estimate of drug-likeness (QED) is 0.924. The normalized spacial score (nSPS) is 28.1. The van der Waals surface area contributed by atoms with Gasteiger partial charge in [0.05, 0.1) is 5.69 Å². The number of nitrogens with zero attached hydrogens (tertiary/aromatic N) is 3. The summed E-state index contributed by atoms with van der Waals surface area (Å²) in [6.45, 7) is 6.72. The van der Waals surface area contributed by atoms with E-state index in [2.05, 4.69) is 40.0 Å². The zero-order valence-corrected chi connectivity index (χ0v) is 12.0. The lowest BCUT2D eigenvalue weighted by molar-refractivity contribution is 0.120. The second-order valence-electron chi connectivity index (χ2n) is 6.53. The van der Waals surface area contributed by atoms with Gasteiger partial charge >= 0.3 is 0 Å². The van der Waals surface area contributed by atoms with Crippen molar-refractivity contribution in [3.8, 4) is 0 Å². The predicted octanol–water partition coefficient (Wildman–Crippen LogP) is 1.91. The Labute approximate surface area is 119 Å². The summed E-state index contributed by atoms with van der Waals surface area (Å²) < 4.78 is 2.11. The Balaban J connectivity index is 1.50. The molecular weight excluding hydrogens is 248 g/mol. The summed E-state index contributed by atoms with van der Waals surface area (Å²) in [5, 5.41) is 3.73. The SMILES string of the molecule is CC1(C2CC2)CN(Cc2cn3ccccc3n2)CCN1. The maximum Gasteiger partial charge on any atom is 0.137 e. The minimum Gasteiger partial charge on any atom is -0.309 e. The molecule has 4 heteroatoms. The van der Waals surface area contributed by atoms with Crippen molar-refractivity contribution >= 4 is 5.65 Å². The van der Waals surface area contributed by atoms with Crippen LogP contribution in [0.2, 0.25) is 0 Å². The number of aromatic nitrogens is 2. The van der Waals surface area contributed by atoms with Gasteiger partial charge in [-0.25, -0.2) is 4.98 Å². The minimum atomic E-state index is 0.317. The number of hydrogen-bond acceptors (Lipinski definition) is 3. The first kappa shape index (κ1) is 12.4. The van der Waals surface area contributed by atoms with Gasteiger partial charge in [-0.15, -0.1) is 0 Å². The van der Waals surface area contributed by atoms with Crippen molar-refractivity contribution in [2.45, 2.75) is 31.8 Å². The van der Waals surface area contributed by atoms with Gasteiger partial charge < -0.3 is 9.72 Å². The lowest BCUT2D eigenvalue weighted by atomic mass is 9.93. The predicted molar refractivity (Wildman–Crippen MR) is 79.6 cm³/mol. The number of rotatable bonds is 3. The van der Waals surface area contributed by atoms with Crippen molar-refractivity contribution < 1.29 is 0 Å². The van der Waals surface area contributed by atoms with Crippen LogP contribution in [0.15, 0.2) is 30.6 Å². The van der Waals surface area contributed by atoms with E-state index in [1.807, 2.05) is 12.1 Å². The molecular formula is C16H22N4. The van der Waals surface area contributed by atoms with Crippen LogP contribution in [0.1, 0.15) is 25.5 Å². The fraction of sp³-hybridized carbons (Fsp3) is 0.562. The molecule has 4 rings (SSSR count). The number of piperazine rings is 1. The van der Waals surface area contributed by atoms with Gasteiger partial charge in [-0.2, -0.15) is 0 Å². The second kappa shape index (κ2) is 4.57. The molecule has 0 radical (unpaired) electrons. The van der Waals surface area contributed by atoms with Crippen LogP contribution in [0.5, 0.6) is 0 Å². The number of imidazole rings is 1. The lowest BCUT2D eigenvalue weighted by Crippen LogP contribution is -2.59. The number of nitrogens with one attached hydrogen (secondary N) is 1. The maximum atomic E-state index is 4.72. The van der Waals surface area contributed by atoms with Gasteiger partial charge in [0.15, 0.2) is 0 Å². The van der Waals surface area contributed by atoms with Gasteiger partial charge in [-0.1, -0.05) is 6.07 Å². The summed E-state index contributed by atoms with van der Waals surface area (Å²) in [6, 6.07) is 6.16. The molecule has 0 spiro atoms. The summed E-state index contributed by atoms with van der Waals surface area (Å²) in [4.78, 5) is 7.27. The average molecular weight is 270 g/mol. The van der Waals surface area contributed by atoms with E-state index in [9.17, 15) is 0 Å². The first-order chi connectivity index (χ1) is 9.73. The first-order valence-corrected chi connectivity index (χ1v) is 7.63. The van der Waals surface area contributed by atoms with Crippen LogP contribution in [0.4, 0.5) is 0 Å². The second-order valence-corrected chi connectivity index (χ2v) is 6.53. The van der Waals surface area contributed by atoms with Crippen LogP contribution >= 0.6 is 0 Å². The number of fused-ring (bicyclic) bond motifs is 1. The fourth-order valence-corrected chi connectivity index (χ4v) is 3.52. The van der Waals surface area contributed by atoms with E-state index in [1.54, 1.807) is 0 Å². The van der Waals surface area contributed by atoms with E-state index >= 15 is 0 Å². The highest BCUT2D eigenvalue weighted by molar-refractivity contribution is 5.39. The van der Waals surface area contributed by atoms with Crippen molar-refractivity contribution in [1.29, 1.82) is 0 Å². The molecule has 20 heavy (non-hydrogen) atoms. The third-order valence-electron chi connectivity index (χ3n) is 4.79. The van der Waals surface area contributed by atoms with Crippen LogP contribution in [-0.2, 0) is 6.54 Å². The highest BCUT2D eigenvalue weighted by atomic mass is 15.2. The maximum absolute atomic E-state index is 4.72. The van der Waals surface area contributed by atoms with Gasteiger partial charge in [-0.3, -0.25) is 4.90 Å². The zero-order chi connectivity index (χ0) is 13.6. The molecule has 0 bridgehead atoms. The van der Waals surface area contributed by atoms with Crippen LogP contribution in [0, 0.1) is 5.92 Å². The van der Waals surface area contributed by atoms with Crippen LogP contribution in [0.25, 0.3) is 5.65 Å².